The maximum Gasteiger partial charge on any atom is 0.250 e. The highest BCUT2D eigenvalue weighted by molar-refractivity contribution is 5.98. The Morgan fingerprint density at radius 3 is 2.80 bits per heavy atom. The highest BCUT2D eigenvalue weighted by Crippen LogP contribution is 2.16. The van der Waals surface area contributed by atoms with Crippen molar-refractivity contribution in [2.75, 3.05) is 5.32 Å². The number of carbonyl (C=O) groups excluding carboxylic acids is 1. The van der Waals surface area contributed by atoms with E-state index in [0.717, 1.165) is 0 Å². The molecule has 0 aliphatic rings. The van der Waals surface area contributed by atoms with Crippen LogP contribution in [0.2, 0.25) is 0 Å². The van der Waals surface area contributed by atoms with Crippen molar-refractivity contribution in [2.45, 2.75) is 6.04 Å². The van der Waals surface area contributed by atoms with Crippen LogP contribution < -0.4 is 11.1 Å². The molecule has 2 aromatic rings. The van der Waals surface area contributed by atoms with Crippen LogP contribution in [-0.2, 0) is 0 Å². The van der Waals surface area contributed by atoms with E-state index in [9.17, 15) is 4.79 Å². The zero-order valence-corrected chi connectivity index (χ0v) is 10.6. The molecule has 0 saturated heterocycles. The molecule has 0 radical (unpaired) electrons. The second-order valence-electron chi connectivity index (χ2n) is 4.04. The van der Waals surface area contributed by atoms with Gasteiger partial charge in [-0.25, -0.2) is 0 Å². The maximum absolute atomic E-state index is 11.3. The molecule has 20 heavy (non-hydrogen) atoms. The number of anilines is 1. The number of furan rings is 1. The van der Waals surface area contributed by atoms with Gasteiger partial charge in [0, 0.05) is 5.69 Å². The summed E-state index contributed by atoms with van der Waals surface area (Å²) in [6.07, 6.45) is 4.89. The van der Waals surface area contributed by atoms with Crippen molar-refractivity contribution in [3.63, 3.8) is 0 Å². The van der Waals surface area contributed by atoms with Crippen molar-refractivity contribution in [3.8, 4) is 6.07 Å². The van der Waals surface area contributed by atoms with Gasteiger partial charge in [0.25, 0.3) is 5.91 Å². The Bertz CT molecular complexity index is 654. The minimum Gasteiger partial charge on any atom is -0.465 e. The smallest absolute Gasteiger partial charge is 0.250 e. The van der Waals surface area contributed by atoms with Crippen LogP contribution in [-0.4, -0.2) is 11.9 Å². The molecular formula is C15H13N3O2. The van der Waals surface area contributed by atoms with Gasteiger partial charge in [0.2, 0.25) is 0 Å². The van der Waals surface area contributed by atoms with E-state index < -0.39 is 11.9 Å². The summed E-state index contributed by atoms with van der Waals surface area (Å²) in [6.45, 7) is 0. The summed E-state index contributed by atoms with van der Waals surface area (Å²) in [5, 5.41) is 12.1. The molecule has 3 N–H and O–H groups in total. The van der Waals surface area contributed by atoms with Gasteiger partial charge in [0.15, 0.2) is 0 Å². The minimum atomic E-state index is -0.597. The largest absolute Gasteiger partial charge is 0.465 e. The lowest BCUT2D eigenvalue weighted by Gasteiger charge is -2.11. The van der Waals surface area contributed by atoms with Crippen molar-refractivity contribution in [2.24, 2.45) is 5.73 Å². The maximum atomic E-state index is 11.3. The summed E-state index contributed by atoms with van der Waals surface area (Å²) in [5.41, 5.74) is 6.16. The van der Waals surface area contributed by atoms with Gasteiger partial charge in [-0.1, -0.05) is 12.1 Å². The van der Waals surface area contributed by atoms with Crippen LogP contribution in [0.3, 0.4) is 0 Å². The number of amides is 1. The fourth-order valence-electron chi connectivity index (χ4n) is 1.69. The Hall–Kier alpha value is -3.00. The molecule has 0 spiro atoms. The van der Waals surface area contributed by atoms with E-state index in [4.69, 9.17) is 15.4 Å². The molecular weight excluding hydrogens is 254 g/mol. The van der Waals surface area contributed by atoms with Crippen LogP contribution in [0.1, 0.15) is 16.1 Å². The second kappa shape index (κ2) is 6.25. The Balaban J connectivity index is 2.15. The molecule has 0 fully saturated rings. The van der Waals surface area contributed by atoms with Crippen molar-refractivity contribution >= 4 is 17.7 Å². The van der Waals surface area contributed by atoms with E-state index in [0.29, 0.717) is 17.0 Å². The van der Waals surface area contributed by atoms with Gasteiger partial charge in [-0.2, -0.15) is 5.26 Å². The van der Waals surface area contributed by atoms with E-state index >= 15 is 0 Å². The number of rotatable bonds is 5. The molecule has 5 nitrogen and oxygen atoms in total. The average Bonchev–Trinajstić information content (AvgIpc) is 2.97. The van der Waals surface area contributed by atoms with Gasteiger partial charge in [-0.15, -0.1) is 0 Å². The van der Waals surface area contributed by atoms with Crippen molar-refractivity contribution in [1.29, 1.82) is 5.26 Å². The number of benzene rings is 1. The van der Waals surface area contributed by atoms with Crippen molar-refractivity contribution < 1.29 is 9.21 Å². The minimum absolute atomic E-state index is 0.346. The normalized spacial score (nSPS) is 11.9. The summed E-state index contributed by atoms with van der Waals surface area (Å²) in [7, 11) is 0. The quantitative estimate of drug-likeness (QED) is 0.870. The number of primary amides is 1. The van der Waals surface area contributed by atoms with Crippen LogP contribution in [0.4, 0.5) is 5.69 Å². The molecule has 0 aliphatic heterocycles. The third-order valence-electron chi connectivity index (χ3n) is 2.64. The number of para-hydroxylation sites is 1. The zero-order chi connectivity index (χ0) is 14.4. The monoisotopic (exact) mass is 267 g/mol. The van der Waals surface area contributed by atoms with Crippen LogP contribution in [0.5, 0.6) is 0 Å². The predicted octanol–water partition coefficient (Wildman–Crippen LogP) is 2.40. The molecule has 0 aliphatic carbocycles. The SMILES string of the molecule is N#CC(C=Cc1ccco1)Nc1ccccc1C(N)=O. The van der Waals surface area contributed by atoms with E-state index in [-0.39, 0.29) is 0 Å². The molecule has 1 aromatic carbocycles. The molecule has 5 heteroatoms. The lowest BCUT2D eigenvalue weighted by molar-refractivity contribution is 0.100. The Morgan fingerprint density at radius 2 is 2.15 bits per heavy atom. The number of nitriles is 1. The molecule has 1 aromatic heterocycles. The van der Waals surface area contributed by atoms with E-state index in [1.54, 1.807) is 54.8 Å². The van der Waals surface area contributed by atoms with Gasteiger partial charge >= 0.3 is 0 Å². The summed E-state index contributed by atoms with van der Waals surface area (Å²) in [6, 6.07) is 11.8. The van der Waals surface area contributed by atoms with Gasteiger partial charge in [0.05, 0.1) is 17.9 Å². The lowest BCUT2D eigenvalue weighted by Crippen LogP contribution is -2.19. The van der Waals surface area contributed by atoms with Gasteiger partial charge in [-0.05, 0) is 36.4 Å². The van der Waals surface area contributed by atoms with Crippen LogP contribution in [0.15, 0.2) is 53.2 Å². The van der Waals surface area contributed by atoms with E-state index in [1.807, 2.05) is 0 Å². The molecule has 1 amide bonds. The van der Waals surface area contributed by atoms with Crippen LogP contribution in [0, 0.1) is 11.3 Å². The van der Waals surface area contributed by atoms with Gasteiger partial charge in [0.1, 0.15) is 11.8 Å². The molecule has 1 atom stereocenters. The van der Waals surface area contributed by atoms with E-state index in [1.165, 1.54) is 0 Å². The molecule has 100 valence electrons. The number of nitrogens with two attached hydrogens (primary N) is 1. The number of hydrogen-bond acceptors (Lipinski definition) is 4. The fourth-order valence-corrected chi connectivity index (χ4v) is 1.69. The topological polar surface area (TPSA) is 92.1 Å². The number of hydrogen-bond donors (Lipinski definition) is 2. The first-order chi connectivity index (χ1) is 9.70. The molecule has 0 bridgehead atoms. The van der Waals surface area contributed by atoms with Crippen molar-refractivity contribution in [1.82, 2.24) is 0 Å². The standard InChI is InChI=1S/C15H13N3O2/c16-10-11(7-8-12-4-3-9-20-12)18-14-6-2-1-5-13(14)15(17)19/h1-9,11,18H,(H2,17,19). The predicted molar refractivity (Wildman–Crippen MR) is 75.7 cm³/mol. The first-order valence-corrected chi connectivity index (χ1v) is 5.97. The summed E-state index contributed by atoms with van der Waals surface area (Å²) in [5.74, 6) is 0.107. The average molecular weight is 267 g/mol. The van der Waals surface area contributed by atoms with Crippen molar-refractivity contribution in [3.05, 3.63) is 60.1 Å². The van der Waals surface area contributed by atoms with Gasteiger partial charge in [-0.3, -0.25) is 4.79 Å². The Kier molecular flexibility index (Phi) is 4.20. The number of nitrogens with zero attached hydrogens (tertiary/aromatic N) is 1. The first-order valence-electron chi connectivity index (χ1n) is 5.97. The highest BCUT2D eigenvalue weighted by atomic mass is 16.3. The lowest BCUT2D eigenvalue weighted by atomic mass is 10.1. The van der Waals surface area contributed by atoms with Crippen LogP contribution >= 0.6 is 0 Å². The summed E-state index contributed by atoms with van der Waals surface area (Å²) < 4.78 is 5.14. The Morgan fingerprint density at radius 1 is 1.35 bits per heavy atom. The van der Waals surface area contributed by atoms with Crippen LogP contribution in [0.25, 0.3) is 6.08 Å². The second-order valence-corrected chi connectivity index (χ2v) is 4.04. The fraction of sp³-hybridized carbons (Fsp3) is 0.0667. The molecule has 1 heterocycles. The summed E-state index contributed by atoms with van der Waals surface area (Å²) >= 11 is 0. The first kappa shape index (κ1) is 13.4. The molecule has 2 rings (SSSR count). The summed E-state index contributed by atoms with van der Waals surface area (Å²) in [4.78, 5) is 11.3. The zero-order valence-electron chi connectivity index (χ0n) is 10.6. The highest BCUT2D eigenvalue weighted by Gasteiger charge is 2.10. The Labute approximate surface area is 116 Å². The number of nitrogens with one attached hydrogen (secondary N) is 1. The molecule has 0 saturated carbocycles. The van der Waals surface area contributed by atoms with Gasteiger partial charge < -0.3 is 15.5 Å². The third kappa shape index (κ3) is 3.27. The number of carbonyl (C=O) groups is 1. The molecule has 1 unspecified atom stereocenters. The third-order valence-corrected chi connectivity index (χ3v) is 2.64. The van der Waals surface area contributed by atoms with E-state index in [2.05, 4.69) is 11.4 Å².